The predicted molar refractivity (Wildman–Crippen MR) is 46.6 cm³/mol. The number of carbonyl (C=O) groups is 2. The van der Waals surface area contributed by atoms with Crippen LogP contribution in [0.4, 0.5) is 0 Å². The third kappa shape index (κ3) is 3.68. The fourth-order valence-corrected chi connectivity index (χ4v) is 0.640. The standard InChI is InChI=1S/C8H13NO4/c1-5(2)9-6(7(10)12-3)8(11)13-4/h5H,1-4H3. The van der Waals surface area contributed by atoms with E-state index in [0.717, 1.165) is 0 Å². The van der Waals surface area contributed by atoms with E-state index in [0.29, 0.717) is 0 Å². The normalized spacial score (nSPS) is 9.31. The van der Waals surface area contributed by atoms with Gasteiger partial charge in [-0.15, -0.1) is 0 Å². The lowest BCUT2D eigenvalue weighted by Crippen LogP contribution is -2.27. The van der Waals surface area contributed by atoms with E-state index in [9.17, 15) is 9.59 Å². The van der Waals surface area contributed by atoms with E-state index in [-0.39, 0.29) is 11.8 Å². The summed E-state index contributed by atoms with van der Waals surface area (Å²) in [6.07, 6.45) is 0. The van der Waals surface area contributed by atoms with Crippen LogP contribution in [0.25, 0.3) is 0 Å². The van der Waals surface area contributed by atoms with Crippen molar-refractivity contribution in [2.24, 2.45) is 4.99 Å². The molecule has 0 fully saturated rings. The molecular weight excluding hydrogens is 174 g/mol. The lowest BCUT2D eigenvalue weighted by atomic mass is 10.3. The average molecular weight is 187 g/mol. The number of methoxy groups -OCH3 is 2. The summed E-state index contributed by atoms with van der Waals surface area (Å²) in [6.45, 7) is 3.48. The predicted octanol–water partition coefficient (Wildman–Crippen LogP) is 0.182. The summed E-state index contributed by atoms with van der Waals surface area (Å²) in [5, 5.41) is 0. The zero-order valence-electron chi connectivity index (χ0n) is 8.16. The zero-order chi connectivity index (χ0) is 10.4. The summed E-state index contributed by atoms with van der Waals surface area (Å²) in [6, 6.07) is -0.159. The van der Waals surface area contributed by atoms with Crippen LogP contribution < -0.4 is 0 Å². The van der Waals surface area contributed by atoms with Crippen LogP contribution in [0.3, 0.4) is 0 Å². The van der Waals surface area contributed by atoms with E-state index in [2.05, 4.69) is 14.5 Å². The zero-order valence-corrected chi connectivity index (χ0v) is 8.16. The van der Waals surface area contributed by atoms with Crippen LogP contribution >= 0.6 is 0 Å². The molecule has 0 saturated heterocycles. The second kappa shape index (κ2) is 5.29. The monoisotopic (exact) mass is 187 g/mol. The largest absolute Gasteiger partial charge is 0.464 e. The molecule has 0 aliphatic heterocycles. The lowest BCUT2D eigenvalue weighted by molar-refractivity contribution is -0.138. The number of hydrogen-bond donors (Lipinski definition) is 0. The van der Waals surface area contributed by atoms with Gasteiger partial charge < -0.3 is 9.47 Å². The smallest absolute Gasteiger partial charge is 0.363 e. The number of nitrogens with zero attached hydrogens (tertiary/aromatic N) is 1. The highest BCUT2D eigenvalue weighted by atomic mass is 16.5. The molecule has 0 saturated carbocycles. The average Bonchev–Trinajstić information content (AvgIpc) is 2.11. The minimum Gasteiger partial charge on any atom is -0.464 e. The van der Waals surface area contributed by atoms with Crippen LogP contribution in [0.15, 0.2) is 4.99 Å². The maximum Gasteiger partial charge on any atom is 0.363 e. The lowest BCUT2D eigenvalue weighted by Gasteiger charge is -2.03. The Hall–Kier alpha value is -1.39. The summed E-state index contributed by atoms with van der Waals surface area (Å²) < 4.78 is 8.73. The van der Waals surface area contributed by atoms with Crippen LogP contribution in [0.5, 0.6) is 0 Å². The molecule has 13 heavy (non-hydrogen) atoms. The second-order valence-electron chi connectivity index (χ2n) is 2.55. The van der Waals surface area contributed by atoms with Gasteiger partial charge in [-0.05, 0) is 13.8 Å². The number of esters is 2. The number of carbonyl (C=O) groups excluding carboxylic acids is 2. The fourth-order valence-electron chi connectivity index (χ4n) is 0.640. The van der Waals surface area contributed by atoms with Crippen molar-refractivity contribution in [3.05, 3.63) is 0 Å². The van der Waals surface area contributed by atoms with Gasteiger partial charge in [0, 0.05) is 6.04 Å². The Morgan fingerprint density at radius 3 is 1.69 bits per heavy atom. The van der Waals surface area contributed by atoms with Crippen LogP contribution in [0.2, 0.25) is 0 Å². The quantitative estimate of drug-likeness (QED) is 0.359. The Bertz CT molecular complexity index is 214. The molecule has 0 radical (unpaired) electrons. The molecule has 0 aliphatic rings. The molecule has 0 rings (SSSR count). The minimum absolute atomic E-state index is 0.159. The first-order valence-electron chi connectivity index (χ1n) is 3.77. The van der Waals surface area contributed by atoms with Gasteiger partial charge in [-0.3, -0.25) is 4.99 Å². The SMILES string of the molecule is COC(=O)C(=NC(C)C)C(=O)OC. The first kappa shape index (κ1) is 11.6. The molecule has 5 heteroatoms. The van der Waals surface area contributed by atoms with Gasteiger partial charge in [-0.2, -0.15) is 0 Å². The van der Waals surface area contributed by atoms with Crippen LogP contribution in [-0.2, 0) is 19.1 Å². The van der Waals surface area contributed by atoms with Crippen molar-refractivity contribution >= 4 is 17.7 Å². The molecule has 0 spiro atoms. The number of rotatable bonds is 3. The minimum atomic E-state index is -0.777. The number of hydrogen-bond acceptors (Lipinski definition) is 5. The molecule has 0 bridgehead atoms. The molecule has 74 valence electrons. The van der Waals surface area contributed by atoms with Gasteiger partial charge in [-0.1, -0.05) is 0 Å². The molecular formula is C8H13NO4. The van der Waals surface area contributed by atoms with Crippen LogP contribution in [-0.4, -0.2) is 37.9 Å². The number of aliphatic imine (C=N–C) groups is 1. The van der Waals surface area contributed by atoms with Gasteiger partial charge in [0.15, 0.2) is 0 Å². The van der Waals surface area contributed by atoms with E-state index < -0.39 is 11.9 Å². The highest BCUT2D eigenvalue weighted by Gasteiger charge is 2.21. The van der Waals surface area contributed by atoms with E-state index in [1.807, 2.05) is 0 Å². The van der Waals surface area contributed by atoms with Crippen molar-refractivity contribution < 1.29 is 19.1 Å². The van der Waals surface area contributed by atoms with E-state index in [1.54, 1.807) is 13.8 Å². The third-order valence-corrected chi connectivity index (χ3v) is 1.14. The van der Waals surface area contributed by atoms with E-state index >= 15 is 0 Å². The Balaban J connectivity index is 4.75. The van der Waals surface area contributed by atoms with Gasteiger partial charge in [-0.25, -0.2) is 9.59 Å². The molecule has 0 amide bonds. The maximum atomic E-state index is 11.0. The summed E-state index contributed by atoms with van der Waals surface area (Å²) >= 11 is 0. The van der Waals surface area contributed by atoms with Crippen molar-refractivity contribution in [1.82, 2.24) is 0 Å². The molecule has 0 aliphatic carbocycles. The fraction of sp³-hybridized carbons (Fsp3) is 0.625. The molecule has 5 nitrogen and oxygen atoms in total. The first-order valence-corrected chi connectivity index (χ1v) is 3.77. The Morgan fingerprint density at radius 1 is 1.08 bits per heavy atom. The summed E-state index contributed by atoms with van der Waals surface area (Å²) in [5.41, 5.74) is -0.306. The summed E-state index contributed by atoms with van der Waals surface area (Å²) in [4.78, 5) is 25.8. The third-order valence-electron chi connectivity index (χ3n) is 1.14. The Labute approximate surface area is 76.7 Å². The van der Waals surface area contributed by atoms with Gasteiger partial charge in [0.05, 0.1) is 14.2 Å². The molecule has 0 aromatic heterocycles. The molecule has 0 heterocycles. The first-order chi connectivity index (χ1) is 6.02. The molecule has 0 aromatic rings. The van der Waals surface area contributed by atoms with Crippen molar-refractivity contribution in [3.8, 4) is 0 Å². The highest BCUT2D eigenvalue weighted by Crippen LogP contribution is 1.93. The topological polar surface area (TPSA) is 65.0 Å². The van der Waals surface area contributed by atoms with Crippen molar-refractivity contribution in [1.29, 1.82) is 0 Å². The van der Waals surface area contributed by atoms with Crippen molar-refractivity contribution in [2.75, 3.05) is 14.2 Å². The summed E-state index contributed by atoms with van der Waals surface area (Å²) in [7, 11) is 2.36. The van der Waals surface area contributed by atoms with Gasteiger partial charge in [0.2, 0.25) is 5.71 Å². The molecule has 0 unspecified atom stereocenters. The second-order valence-corrected chi connectivity index (χ2v) is 2.55. The van der Waals surface area contributed by atoms with E-state index in [1.165, 1.54) is 14.2 Å². The maximum absolute atomic E-state index is 11.0. The van der Waals surface area contributed by atoms with Crippen molar-refractivity contribution in [2.45, 2.75) is 19.9 Å². The molecule has 0 N–H and O–H groups in total. The Morgan fingerprint density at radius 2 is 1.46 bits per heavy atom. The summed E-state index contributed by atoms with van der Waals surface area (Å²) in [5.74, 6) is -1.55. The van der Waals surface area contributed by atoms with Crippen molar-refractivity contribution in [3.63, 3.8) is 0 Å². The van der Waals surface area contributed by atoms with Crippen LogP contribution in [0.1, 0.15) is 13.8 Å². The molecule has 0 aromatic carbocycles. The molecule has 0 atom stereocenters. The van der Waals surface area contributed by atoms with Gasteiger partial charge in [0.25, 0.3) is 0 Å². The highest BCUT2D eigenvalue weighted by molar-refractivity contribution is 6.62. The van der Waals surface area contributed by atoms with Gasteiger partial charge >= 0.3 is 11.9 Å². The van der Waals surface area contributed by atoms with E-state index in [4.69, 9.17) is 0 Å². The number of ether oxygens (including phenoxy) is 2. The van der Waals surface area contributed by atoms with Crippen LogP contribution in [0, 0.1) is 0 Å². The van der Waals surface area contributed by atoms with Gasteiger partial charge in [0.1, 0.15) is 0 Å². The Kier molecular flexibility index (Phi) is 4.72.